The van der Waals surface area contributed by atoms with Gasteiger partial charge in [0, 0.05) is 43.6 Å². The average Bonchev–Trinajstić information content (AvgIpc) is 3.19. The van der Waals surface area contributed by atoms with Crippen molar-refractivity contribution in [2.24, 2.45) is 21.8 Å². The maximum atomic E-state index is 12.9. The Kier molecular flexibility index (Phi) is 6.42. The fourth-order valence-corrected chi connectivity index (χ4v) is 5.58. The third-order valence-electron chi connectivity index (χ3n) is 7.01. The summed E-state index contributed by atoms with van der Waals surface area (Å²) in [5.74, 6) is 2.09. The molecular weight excluding hydrogens is 430 g/mol. The van der Waals surface area contributed by atoms with Crippen molar-refractivity contribution < 1.29 is 14.1 Å². The van der Waals surface area contributed by atoms with Gasteiger partial charge < -0.3 is 19.9 Å². The van der Waals surface area contributed by atoms with Gasteiger partial charge >= 0.3 is 5.96 Å². The summed E-state index contributed by atoms with van der Waals surface area (Å²) in [6.45, 7) is 8.44. The highest BCUT2D eigenvalue weighted by Gasteiger charge is 2.51. The van der Waals surface area contributed by atoms with Crippen LogP contribution in [0.2, 0.25) is 0 Å². The van der Waals surface area contributed by atoms with E-state index in [2.05, 4.69) is 65.8 Å². The zero-order chi connectivity index (χ0) is 23.7. The van der Waals surface area contributed by atoms with Gasteiger partial charge in [-0.2, -0.15) is 15.0 Å². The summed E-state index contributed by atoms with van der Waals surface area (Å²) in [4.78, 5) is 27.2. The number of nitrogens with one attached hydrogen (secondary N) is 2. The number of guanidine groups is 2. The summed E-state index contributed by atoms with van der Waals surface area (Å²) in [5.41, 5.74) is 6.73. The lowest BCUT2D eigenvalue weighted by Crippen LogP contribution is -2.66. The van der Waals surface area contributed by atoms with Gasteiger partial charge in [0.05, 0.1) is 13.2 Å². The van der Waals surface area contributed by atoms with E-state index in [1.54, 1.807) is 0 Å². The van der Waals surface area contributed by atoms with E-state index in [0.29, 0.717) is 48.5 Å². The van der Waals surface area contributed by atoms with Gasteiger partial charge in [-0.1, -0.05) is 37.3 Å². The minimum absolute atomic E-state index is 0.0824. The van der Waals surface area contributed by atoms with Gasteiger partial charge in [0.25, 0.3) is 11.9 Å². The van der Waals surface area contributed by atoms with Crippen LogP contribution >= 0.6 is 0 Å². The molecule has 1 aromatic carbocycles. The maximum absolute atomic E-state index is 12.9. The molecule has 1 amide bonds. The molecule has 0 radical (unpaired) electrons. The Morgan fingerprint density at radius 3 is 2.71 bits per heavy atom. The number of benzene rings is 1. The van der Waals surface area contributed by atoms with E-state index < -0.39 is 0 Å². The van der Waals surface area contributed by atoms with Crippen LogP contribution < -0.4 is 10.7 Å². The van der Waals surface area contributed by atoms with Crippen molar-refractivity contribution >= 4 is 17.8 Å². The molecule has 5 rings (SSSR count). The lowest BCUT2D eigenvalue weighted by atomic mass is 9.86. The van der Waals surface area contributed by atoms with Crippen molar-refractivity contribution in [2.75, 3.05) is 66.6 Å². The van der Waals surface area contributed by atoms with E-state index in [4.69, 9.17) is 14.7 Å². The second-order valence-electron chi connectivity index (χ2n) is 10.2. The van der Waals surface area contributed by atoms with Crippen LogP contribution in [0.5, 0.6) is 0 Å². The molecule has 1 aromatic rings. The van der Waals surface area contributed by atoms with Crippen LogP contribution in [0.1, 0.15) is 12.5 Å². The number of morpholine rings is 1. The zero-order valence-corrected chi connectivity index (χ0v) is 20.5. The summed E-state index contributed by atoms with van der Waals surface area (Å²) in [6, 6.07) is 10.5. The van der Waals surface area contributed by atoms with Crippen molar-refractivity contribution in [1.82, 2.24) is 20.5 Å². The number of nitrogens with zero attached hydrogens (tertiary/aromatic N) is 5. The van der Waals surface area contributed by atoms with Gasteiger partial charge in [-0.3, -0.25) is 4.79 Å². The topological polar surface area (TPSA) is 81.6 Å². The molecule has 4 heterocycles. The Balaban J connectivity index is 1.48. The van der Waals surface area contributed by atoms with Crippen molar-refractivity contribution in [2.45, 2.75) is 13.3 Å². The van der Waals surface area contributed by atoms with E-state index in [-0.39, 0.29) is 11.8 Å². The van der Waals surface area contributed by atoms with E-state index in [1.165, 1.54) is 5.56 Å². The summed E-state index contributed by atoms with van der Waals surface area (Å²) >= 11 is 0. The third-order valence-corrected chi connectivity index (χ3v) is 7.01. The smallest absolute Gasteiger partial charge is 0.358 e. The highest BCUT2D eigenvalue weighted by molar-refractivity contribution is 6.02. The number of rotatable bonds is 6. The molecule has 9 nitrogen and oxygen atoms in total. The Bertz CT molecular complexity index is 1010. The molecule has 4 aliphatic rings. The summed E-state index contributed by atoms with van der Waals surface area (Å²) in [5, 5.41) is 3.07. The molecule has 34 heavy (non-hydrogen) atoms. The van der Waals surface area contributed by atoms with Crippen molar-refractivity contribution in [3.63, 3.8) is 0 Å². The molecular formula is C25H36N7O2+. The number of hydrogen-bond donors (Lipinski definition) is 2. The van der Waals surface area contributed by atoms with Gasteiger partial charge in [-0.15, -0.1) is 4.99 Å². The lowest BCUT2D eigenvalue weighted by Gasteiger charge is -2.41. The minimum atomic E-state index is -0.0824. The quantitative estimate of drug-likeness (QED) is 0.607. The van der Waals surface area contributed by atoms with Gasteiger partial charge in [0.2, 0.25) is 0 Å². The number of amides is 1. The molecule has 3 unspecified atom stereocenters. The second kappa shape index (κ2) is 9.48. The Labute approximate surface area is 201 Å². The van der Waals surface area contributed by atoms with Crippen LogP contribution in [0.25, 0.3) is 0 Å². The van der Waals surface area contributed by atoms with Crippen LogP contribution in [-0.4, -0.2) is 98.8 Å². The fourth-order valence-electron chi connectivity index (χ4n) is 5.58. The zero-order valence-electron chi connectivity index (χ0n) is 20.5. The Hall–Kier alpha value is -2.75. The fraction of sp³-hybridized carbons (Fsp3) is 0.560. The number of hydrogen-bond acceptors (Lipinski definition) is 7. The highest BCUT2D eigenvalue weighted by Crippen LogP contribution is 2.34. The molecule has 4 aliphatic heterocycles. The molecule has 0 saturated carbocycles. The summed E-state index contributed by atoms with van der Waals surface area (Å²) in [6.07, 6.45) is 0.884. The average molecular weight is 467 g/mol. The number of quaternary nitrogens is 1. The van der Waals surface area contributed by atoms with Crippen LogP contribution in [0.4, 0.5) is 0 Å². The normalized spacial score (nSPS) is 27.5. The summed E-state index contributed by atoms with van der Waals surface area (Å²) in [7, 11) is 4.22. The maximum Gasteiger partial charge on any atom is 0.358 e. The Morgan fingerprint density at radius 2 is 1.97 bits per heavy atom. The van der Waals surface area contributed by atoms with Crippen molar-refractivity contribution in [3.05, 3.63) is 47.2 Å². The monoisotopic (exact) mass is 466 g/mol. The number of carbonyl (C=O) groups is 1. The number of fused-ring (bicyclic) bond motifs is 1. The summed E-state index contributed by atoms with van der Waals surface area (Å²) < 4.78 is 6.02. The second-order valence-corrected chi connectivity index (χ2v) is 10.2. The largest absolute Gasteiger partial charge is 0.378 e. The number of ether oxygens (including phenoxy) is 1. The molecule has 9 heteroatoms. The molecule has 3 atom stereocenters. The third kappa shape index (κ3) is 4.60. The van der Waals surface area contributed by atoms with Crippen LogP contribution in [0.15, 0.2) is 51.6 Å². The standard InChI is InChI=1S/C25H35N7O2/c1-18(15-30(2)3)16-32-17-21-20(13-19-7-5-4-6-8-19)14-26-23(33)22(21)27-25(32)28-24(29-32)31-9-11-34-12-10-31/h4-8,18,20H,9-17H2,1-3H3,(H-,26,27,28,29,33)/p+1. The Morgan fingerprint density at radius 1 is 1.21 bits per heavy atom. The van der Waals surface area contributed by atoms with Crippen LogP contribution in [-0.2, 0) is 16.0 Å². The first-order chi connectivity index (χ1) is 16.4. The molecule has 0 bridgehead atoms. The van der Waals surface area contributed by atoms with Gasteiger partial charge in [-0.05, 0) is 26.1 Å². The van der Waals surface area contributed by atoms with E-state index in [9.17, 15) is 4.79 Å². The van der Waals surface area contributed by atoms with Crippen LogP contribution in [0, 0.1) is 11.8 Å². The molecule has 0 aromatic heterocycles. The lowest BCUT2D eigenvalue weighted by molar-refractivity contribution is -0.874. The van der Waals surface area contributed by atoms with Crippen molar-refractivity contribution in [1.29, 1.82) is 0 Å². The van der Waals surface area contributed by atoms with Gasteiger partial charge in [-0.25, -0.2) is 0 Å². The molecule has 1 saturated heterocycles. The molecule has 2 N–H and O–H groups in total. The van der Waals surface area contributed by atoms with Crippen molar-refractivity contribution in [3.8, 4) is 0 Å². The van der Waals surface area contributed by atoms with E-state index in [0.717, 1.165) is 44.1 Å². The van der Waals surface area contributed by atoms with E-state index >= 15 is 0 Å². The molecule has 182 valence electrons. The van der Waals surface area contributed by atoms with Gasteiger partial charge in [0.1, 0.15) is 18.8 Å². The molecule has 0 aliphatic carbocycles. The van der Waals surface area contributed by atoms with Crippen LogP contribution in [0.3, 0.4) is 0 Å². The highest BCUT2D eigenvalue weighted by atomic mass is 16.5. The van der Waals surface area contributed by atoms with Gasteiger partial charge in [0.15, 0.2) is 0 Å². The molecule has 1 fully saturated rings. The SMILES string of the molecule is CC(CN(C)C)C[N+]12CC3=C(N=C1N=C(N1CCOCC1)N2)C(=O)NCC3Cc1ccccc1. The predicted molar refractivity (Wildman–Crippen MR) is 132 cm³/mol. The first-order valence-electron chi connectivity index (χ1n) is 12.3. The van der Waals surface area contributed by atoms with E-state index in [1.807, 2.05) is 6.07 Å². The first-order valence-corrected chi connectivity index (χ1v) is 12.3. The minimum Gasteiger partial charge on any atom is -0.378 e. The first kappa shape index (κ1) is 23.0. The molecule has 0 spiro atoms. The number of aliphatic imine (C=N–C) groups is 2. The predicted octanol–water partition coefficient (Wildman–Crippen LogP) is 0.820. The number of carbonyl (C=O) groups excluding carboxylic acids is 1.